The van der Waals surface area contributed by atoms with Gasteiger partial charge >= 0.3 is 0 Å². The van der Waals surface area contributed by atoms with Crippen molar-refractivity contribution in [2.45, 2.75) is 11.4 Å². The Bertz CT molecular complexity index is 1400. The summed E-state index contributed by atoms with van der Waals surface area (Å²) in [4.78, 5) is 17.8. The topological polar surface area (TPSA) is 120 Å². The van der Waals surface area contributed by atoms with Crippen LogP contribution in [0.1, 0.15) is 11.1 Å². The molecule has 156 valence electrons. The molecule has 0 radical (unpaired) electrons. The van der Waals surface area contributed by atoms with E-state index in [1.807, 2.05) is 30.3 Å². The molecule has 4 N–H and O–H groups in total. The molecule has 4 aromatic rings. The number of nitrogens with zero attached hydrogens (tertiary/aromatic N) is 3. The molecule has 31 heavy (non-hydrogen) atoms. The predicted octanol–water partition coefficient (Wildman–Crippen LogP) is 4.05. The Hall–Kier alpha value is -3.66. The highest BCUT2D eigenvalue weighted by molar-refractivity contribution is 8.23. The van der Waals surface area contributed by atoms with E-state index in [0.717, 1.165) is 5.56 Å². The number of rotatable bonds is 3. The van der Waals surface area contributed by atoms with Gasteiger partial charge in [-0.2, -0.15) is 0 Å². The average molecular weight is 434 g/mol. The van der Waals surface area contributed by atoms with E-state index >= 15 is 0 Å². The van der Waals surface area contributed by atoms with Gasteiger partial charge in [0.15, 0.2) is 5.84 Å². The van der Waals surface area contributed by atoms with Crippen LogP contribution in [0, 0.1) is 0 Å². The van der Waals surface area contributed by atoms with Crippen LogP contribution >= 0.6 is 10.8 Å². The number of aromatic nitrogens is 2. The molecular weight excluding hydrogens is 416 g/mol. The fraction of sp³-hybridized carbons (Fsp3) is 0.0455. The maximum absolute atomic E-state index is 13.5. The van der Waals surface area contributed by atoms with Crippen molar-refractivity contribution in [3.05, 3.63) is 94.5 Å². The van der Waals surface area contributed by atoms with E-state index in [1.54, 1.807) is 36.5 Å². The Morgan fingerprint density at radius 1 is 1.00 bits per heavy atom. The lowest BCUT2D eigenvalue weighted by molar-refractivity contribution is 0.477. The van der Waals surface area contributed by atoms with E-state index < -0.39 is 16.3 Å². The molecule has 1 aliphatic heterocycles. The van der Waals surface area contributed by atoms with Crippen molar-refractivity contribution in [1.82, 2.24) is 9.55 Å². The van der Waals surface area contributed by atoms with Crippen molar-refractivity contribution in [2.75, 3.05) is 5.32 Å². The maximum atomic E-state index is 13.5. The number of hydrogen-bond acceptors (Lipinski definition) is 7. The third-order valence-corrected chi connectivity index (χ3v) is 6.50. The van der Waals surface area contributed by atoms with Gasteiger partial charge in [-0.05, 0) is 23.8 Å². The Morgan fingerprint density at radius 2 is 1.74 bits per heavy atom. The third-order valence-electron chi connectivity index (χ3n) is 5.11. The van der Waals surface area contributed by atoms with Crippen LogP contribution in [0.2, 0.25) is 0 Å². The highest BCUT2D eigenvalue weighted by atomic mass is 32.3. The molecule has 0 saturated heterocycles. The summed E-state index contributed by atoms with van der Waals surface area (Å²) in [7, 11) is -3.55. The molecular formula is C22H18N4O4S. The van der Waals surface area contributed by atoms with Crippen LogP contribution < -0.4 is 10.9 Å². The summed E-state index contributed by atoms with van der Waals surface area (Å²) in [6.07, 6.45) is 3.01. The van der Waals surface area contributed by atoms with E-state index in [4.69, 9.17) is 0 Å². The summed E-state index contributed by atoms with van der Waals surface area (Å²) in [6, 6.07) is 17.7. The van der Waals surface area contributed by atoms with Crippen LogP contribution in [0.3, 0.4) is 0 Å². The Balaban J connectivity index is 1.75. The first-order chi connectivity index (χ1) is 15.0. The summed E-state index contributed by atoms with van der Waals surface area (Å²) in [5.74, 6) is -0.424. The van der Waals surface area contributed by atoms with Gasteiger partial charge in [0, 0.05) is 12.4 Å². The molecule has 3 heterocycles. The van der Waals surface area contributed by atoms with E-state index in [1.165, 1.54) is 10.8 Å². The number of hydrogen-bond donors (Lipinski definition) is 4. The highest BCUT2D eigenvalue weighted by Gasteiger charge is 2.30. The molecule has 0 amide bonds. The minimum atomic E-state index is -3.55. The number of benzene rings is 2. The van der Waals surface area contributed by atoms with Crippen molar-refractivity contribution >= 4 is 33.2 Å². The van der Waals surface area contributed by atoms with Crippen LogP contribution in [0.4, 0.5) is 5.69 Å². The van der Waals surface area contributed by atoms with Gasteiger partial charge in [0.2, 0.25) is 0 Å². The lowest BCUT2D eigenvalue weighted by Gasteiger charge is -2.34. The smallest absolute Gasteiger partial charge is 0.266 e. The molecule has 0 aliphatic carbocycles. The van der Waals surface area contributed by atoms with Gasteiger partial charge in [-0.3, -0.25) is 18.9 Å². The first-order valence-electron chi connectivity index (χ1n) is 9.44. The van der Waals surface area contributed by atoms with Gasteiger partial charge in [-0.25, -0.2) is 0 Å². The second-order valence-electron chi connectivity index (χ2n) is 7.07. The molecule has 2 aromatic carbocycles. The van der Waals surface area contributed by atoms with Gasteiger partial charge in [-0.15, -0.1) is 4.40 Å². The first kappa shape index (κ1) is 19.3. The minimum Gasteiger partial charge on any atom is -0.506 e. The standard InChI is InChI=1S/C22H18N4O4S/c27-20-15-12-23-11-10-17(15)26(13-14-6-2-1-3-7-14)22(28)19(20)21-24-16-8-4-5-9-18(16)31(29,30)25-21/h1-12,27,29-30H,13H2,(H,24,25). The number of pyridine rings is 2. The molecule has 0 fully saturated rings. The largest absolute Gasteiger partial charge is 0.506 e. The van der Waals surface area contributed by atoms with Gasteiger partial charge in [-0.1, -0.05) is 53.2 Å². The fourth-order valence-corrected chi connectivity index (χ4v) is 4.83. The summed E-state index contributed by atoms with van der Waals surface area (Å²) < 4.78 is 26.7. The van der Waals surface area contributed by atoms with Crippen LogP contribution in [-0.2, 0) is 6.54 Å². The zero-order valence-electron chi connectivity index (χ0n) is 16.1. The van der Waals surface area contributed by atoms with E-state index in [9.17, 15) is 19.0 Å². The number of para-hydroxylation sites is 1. The number of anilines is 1. The lowest BCUT2D eigenvalue weighted by atomic mass is 10.1. The minimum absolute atomic E-state index is 0.103. The van der Waals surface area contributed by atoms with E-state index in [-0.39, 0.29) is 28.6 Å². The van der Waals surface area contributed by atoms with Crippen molar-refractivity contribution in [1.29, 1.82) is 0 Å². The summed E-state index contributed by atoms with van der Waals surface area (Å²) in [5, 5.41) is 14.3. The van der Waals surface area contributed by atoms with E-state index in [2.05, 4.69) is 14.7 Å². The zero-order valence-corrected chi connectivity index (χ0v) is 17.0. The first-order valence-corrected chi connectivity index (χ1v) is 10.9. The van der Waals surface area contributed by atoms with Crippen molar-refractivity contribution < 1.29 is 14.2 Å². The number of aromatic hydroxyl groups is 1. The molecule has 0 atom stereocenters. The average Bonchev–Trinajstić information content (AvgIpc) is 2.77. The predicted molar refractivity (Wildman–Crippen MR) is 121 cm³/mol. The number of fused-ring (bicyclic) bond motifs is 2. The summed E-state index contributed by atoms with van der Waals surface area (Å²) in [5.41, 5.74) is 1.15. The number of nitrogens with one attached hydrogen (secondary N) is 1. The van der Waals surface area contributed by atoms with Gasteiger partial charge < -0.3 is 15.0 Å². The molecule has 0 bridgehead atoms. The Labute approximate surface area is 178 Å². The monoisotopic (exact) mass is 434 g/mol. The summed E-state index contributed by atoms with van der Waals surface area (Å²) in [6.45, 7) is 0.258. The highest BCUT2D eigenvalue weighted by Crippen LogP contribution is 2.55. The maximum Gasteiger partial charge on any atom is 0.266 e. The molecule has 2 aromatic heterocycles. The normalized spacial score (nSPS) is 15.6. The number of amidine groups is 1. The quantitative estimate of drug-likeness (QED) is 0.386. The third kappa shape index (κ3) is 3.25. The zero-order chi connectivity index (χ0) is 21.6. The van der Waals surface area contributed by atoms with E-state index in [0.29, 0.717) is 16.6 Å². The molecule has 8 nitrogen and oxygen atoms in total. The lowest BCUT2D eigenvalue weighted by Crippen LogP contribution is -2.32. The second kappa shape index (κ2) is 7.24. The van der Waals surface area contributed by atoms with Crippen molar-refractivity contribution in [3.8, 4) is 5.75 Å². The molecule has 0 spiro atoms. The van der Waals surface area contributed by atoms with Crippen LogP contribution in [0.25, 0.3) is 10.9 Å². The fourth-order valence-electron chi connectivity index (χ4n) is 3.67. The molecule has 5 rings (SSSR count). The van der Waals surface area contributed by atoms with Crippen molar-refractivity contribution in [2.24, 2.45) is 4.40 Å². The Kier molecular flexibility index (Phi) is 4.51. The van der Waals surface area contributed by atoms with Gasteiger partial charge in [0.25, 0.3) is 5.56 Å². The van der Waals surface area contributed by atoms with Crippen molar-refractivity contribution in [3.63, 3.8) is 0 Å². The Morgan fingerprint density at radius 3 is 2.55 bits per heavy atom. The molecule has 1 aliphatic rings. The van der Waals surface area contributed by atoms with Gasteiger partial charge in [0.05, 0.1) is 23.1 Å². The van der Waals surface area contributed by atoms with Crippen LogP contribution in [0.5, 0.6) is 5.75 Å². The van der Waals surface area contributed by atoms with Gasteiger partial charge in [0.1, 0.15) is 16.2 Å². The molecule has 9 heteroatoms. The second-order valence-corrected chi connectivity index (χ2v) is 8.73. The summed E-state index contributed by atoms with van der Waals surface area (Å²) >= 11 is 0. The molecule has 0 unspecified atom stereocenters. The molecule has 0 saturated carbocycles. The van der Waals surface area contributed by atoms with Crippen LogP contribution in [-0.4, -0.2) is 29.6 Å². The van der Waals surface area contributed by atoms with Crippen LogP contribution in [0.15, 0.2) is 87.1 Å². The SMILES string of the molecule is O=c1c(C2=NS(O)(O)c3ccccc3N2)c(O)c2cnccc2n1Cc1ccccc1.